The highest BCUT2D eigenvalue weighted by atomic mass is 79.9. The first-order chi connectivity index (χ1) is 46.0. The van der Waals surface area contributed by atoms with E-state index >= 15 is 0 Å². The molecule has 15 aromatic rings. The van der Waals surface area contributed by atoms with E-state index in [4.69, 9.17) is 46.9 Å². The second-order valence-corrected chi connectivity index (χ2v) is 25.9. The molecular weight excluding hydrogens is 1310 g/mol. The smallest absolute Gasteiger partial charge is 0.423 e. The Morgan fingerprint density at radius 1 is 0.365 bits per heavy atom. The van der Waals surface area contributed by atoms with Crippen LogP contribution in [0.1, 0.15) is 44.4 Å². The predicted octanol–water partition coefficient (Wildman–Crippen LogP) is 21.1. The van der Waals surface area contributed by atoms with Crippen molar-refractivity contribution in [3.63, 3.8) is 0 Å². The van der Waals surface area contributed by atoms with E-state index in [1.807, 2.05) is 94.4 Å². The van der Waals surface area contributed by atoms with Crippen LogP contribution in [-0.4, -0.2) is 35.5 Å². The van der Waals surface area contributed by atoms with Crippen LogP contribution in [0.2, 0.25) is 10.0 Å². The number of fused-ring (bicyclic) bond motifs is 18. The number of hydrogen-bond donors (Lipinski definition) is 2. The standard InChI is InChI=1S/C31H26BNO2.C25H14ClN.C18H13BO2.C7H3BrClN.F2.FH/c1-30(2)31(3,4)35-32(34-30)23-16-20(19-33)15-22(17-23)21-13-14-28-26-11-6-5-9-24(26)25-10-7-8-12-27(25)29(28)18-21;26-19-12-16(15-27)11-18(13-19)17-9-10-24-22-7-2-1-5-20(22)21-6-3-4-8-23(21)25(24)14-17;20-19(21)12-9-10-17-15-7-2-1-5-13(15)14-6-3-4-8-16(14)18(17)11-12;8-6-1-5(4-10)2-7(9)3-6;1-2;/h5-18H,1-4H3;1-14H;1-11,20-21H;1-3H;;1H. The molecule has 0 saturated carbocycles. The molecule has 1 saturated heterocycles. The van der Waals surface area contributed by atoms with Gasteiger partial charge < -0.3 is 19.4 Å². The van der Waals surface area contributed by atoms with Crippen molar-refractivity contribution < 1.29 is 33.2 Å². The van der Waals surface area contributed by atoms with Crippen molar-refractivity contribution in [1.29, 1.82) is 15.8 Å². The molecule has 16 rings (SSSR count). The van der Waals surface area contributed by atoms with Crippen molar-refractivity contribution in [2.75, 3.05) is 0 Å². The van der Waals surface area contributed by atoms with Crippen LogP contribution in [0.4, 0.5) is 13.9 Å². The topological polar surface area (TPSA) is 130 Å². The van der Waals surface area contributed by atoms with Gasteiger partial charge >= 0.3 is 14.2 Å². The summed E-state index contributed by atoms with van der Waals surface area (Å²) < 4.78 is 29.4. The van der Waals surface area contributed by atoms with E-state index in [1.54, 1.807) is 30.3 Å². The lowest BCUT2D eigenvalue weighted by molar-refractivity contribution is 0.00578. The molecule has 15 aromatic carbocycles. The summed E-state index contributed by atoms with van der Waals surface area (Å²) in [5.41, 5.74) is 6.29. The van der Waals surface area contributed by atoms with E-state index < -0.39 is 25.4 Å². The molecule has 2 N–H and O–H groups in total. The van der Waals surface area contributed by atoms with Crippen LogP contribution < -0.4 is 10.9 Å². The molecule has 0 atom stereocenters. The zero-order valence-electron chi connectivity index (χ0n) is 52.3. The Kier molecular flexibility index (Phi) is 20.0. The molecule has 0 spiro atoms. The molecule has 7 nitrogen and oxygen atoms in total. The van der Waals surface area contributed by atoms with Crippen LogP contribution in [0.15, 0.2) is 259 Å². The first kappa shape index (κ1) is 67.4. The molecule has 1 aliphatic rings. The number of hydrogen-bond acceptors (Lipinski definition) is 7. The second kappa shape index (κ2) is 28.5. The molecule has 0 amide bonds. The minimum atomic E-state index is -1.44. The average molecular weight is 1370 g/mol. The third-order valence-corrected chi connectivity index (χ3v) is 18.7. The number of halogens is 6. The highest BCUT2D eigenvalue weighted by Gasteiger charge is 2.52. The summed E-state index contributed by atoms with van der Waals surface area (Å²) in [7, 11) is -1.96. The first-order valence-corrected chi connectivity index (χ1v) is 32.0. The Morgan fingerprint density at radius 3 is 1.00 bits per heavy atom. The maximum atomic E-state index is 9.78. The van der Waals surface area contributed by atoms with Gasteiger partial charge in [-0.25, -0.2) is 0 Å². The third-order valence-electron chi connectivity index (χ3n) is 17.8. The van der Waals surface area contributed by atoms with Crippen LogP contribution in [0.5, 0.6) is 0 Å². The molecule has 1 fully saturated rings. The zero-order chi connectivity index (χ0) is 66.7. The Morgan fingerprint density at radius 2 is 0.656 bits per heavy atom. The summed E-state index contributed by atoms with van der Waals surface area (Å²) in [6.07, 6.45) is 0. The van der Waals surface area contributed by atoms with Crippen molar-refractivity contribution in [1.82, 2.24) is 0 Å². The molecule has 0 aliphatic carbocycles. The Balaban J connectivity index is 0.000000137. The van der Waals surface area contributed by atoms with Crippen LogP contribution in [0.25, 0.3) is 119 Å². The van der Waals surface area contributed by atoms with E-state index in [0.29, 0.717) is 32.2 Å². The van der Waals surface area contributed by atoms with Crippen molar-refractivity contribution in [2.24, 2.45) is 0 Å². The predicted molar refractivity (Wildman–Crippen MR) is 396 cm³/mol. The minimum absolute atomic E-state index is 0. The number of nitriles is 3. The molecule has 15 heteroatoms. The van der Waals surface area contributed by atoms with E-state index in [1.165, 1.54) is 80.8 Å². The lowest BCUT2D eigenvalue weighted by atomic mass is 9.77. The molecular formula is C81H57B2BrCl2F3N3O4. The van der Waals surface area contributed by atoms with Crippen LogP contribution >= 0.6 is 39.1 Å². The van der Waals surface area contributed by atoms with Gasteiger partial charge in [0.2, 0.25) is 0 Å². The van der Waals surface area contributed by atoms with Crippen molar-refractivity contribution in [3.05, 3.63) is 286 Å². The van der Waals surface area contributed by atoms with E-state index in [-0.39, 0.29) is 4.70 Å². The fraction of sp³-hybridized carbons (Fsp3) is 0.0741. The highest BCUT2D eigenvalue weighted by molar-refractivity contribution is 9.10. The van der Waals surface area contributed by atoms with Gasteiger partial charge in [-0.1, -0.05) is 233 Å². The maximum Gasteiger partial charge on any atom is 0.494 e. The molecule has 0 aromatic heterocycles. The number of nitrogens with zero attached hydrogens (tertiary/aromatic N) is 3. The molecule has 1 aliphatic heterocycles. The van der Waals surface area contributed by atoms with Crippen molar-refractivity contribution >= 4 is 161 Å². The Bertz CT molecular complexity index is 5520. The van der Waals surface area contributed by atoms with Gasteiger partial charge in [0.25, 0.3) is 0 Å². The summed E-state index contributed by atoms with van der Waals surface area (Å²) in [5.74, 6) is 0. The van der Waals surface area contributed by atoms with Crippen molar-refractivity contribution in [3.8, 4) is 40.5 Å². The molecule has 0 unspecified atom stereocenters. The largest absolute Gasteiger partial charge is 0.494 e. The van der Waals surface area contributed by atoms with Gasteiger partial charge in [-0.05, 0) is 218 Å². The van der Waals surface area contributed by atoms with Gasteiger partial charge in [0.15, 0.2) is 0 Å². The SMILES string of the molecule is CC1(C)OB(c2cc(C#N)cc(-c3ccc4c5ccccc5c5ccccc5c4c3)c2)OC1(C)C.F.FF.N#Cc1cc(Cl)cc(-c2ccc3c4ccccc4c4ccccc4c3c2)c1.N#Cc1cc(Cl)cc(Br)c1.OB(O)c1ccc2c3ccccc3c3ccccc3c2c1. The quantitative estimate of drug-likeness (QED) is 0.133. The second-order valence-electron chi connectivity index (χ2n) is 24.1. The molecule has 0 radical (unpaired) electrons. The van der Waals surface area contributed by atoms with E-state index in [9.17, 15) is 20.6 Å². The molecule has 0 bridgehead atoms. The fourth-order valence-corrected chi connectivity index (χ4v) is 13.8. The molecule has 468 valence electrons. The Hall–Kier alpha value is -10.1. The van der Waals surface area contributed by atoms with E-state index in [0.717, 1.165) is 48.3 Å². The fourth-order valence-electron chi connectivity index (χ4n) is 12.7. The summed E-state index contributed by atoms with van der Waals surface area (Å²) >= 11 is 15.1. The van der Waals surface area contributed by atoms with Crippen LogP contribution in [0, 0.1) is 34.0 Å². The number of benzene rings is 15. The van der Waals surface area contributed by atoms with Gasteiger partial charge in [0.05, 0.1) is 46.1 Å². The minimum Gasteiger partial charge on any atom is -0.423 e. The highest BCUT2D eigenvalue weighted by Crippen LogP contribution is 2.41. The van der Waals surface area contributed by atoms with Gasteiger partial charge in [0.1, 0.15) is 0 Å². The summed E-state index contributed by atoms with van der Waals surface area (Å²) in [4.78, 5) is 0. The molecule has 96 heavy (non-hydrogen) atoms. The normalized spacial score (nSPS) is 12.7. The Labute approximate surface area is 571 Å². The third kappa shape index (κ3) is 13.4. The maximum absolute atomic E-state index is 9.78. The van der Waals surface area contributed by atoms with Gasteiger partial charge in [-0.3, -0.25) is 4.70 Å². The average Bonchev–Trinajstić information content (AvgIpc) is 1.02. The lowest BCUT2D eigenvalue weighted by Gasteiger charge is -2.32. The van der Waals surface area contributed by atoms with Gasteiger partial charge in [0, 0.05) is 23.7 Å². The summed E-state index contributed by atoms with van der Waals surface area (Å²) in [6, 6.07) is 92.4. The van der Waals surface area contributed by atoms with Crippen molar-refractivity contribution in [2.45, 2.75) is 38.9 Å². The first-order valence-electron chi connectivity index (χ1n) is 30.5. The van der Waals surface area contributed by atoms with Crippen LogP contribution in [0.3, 0.4) is 0 Å². The monoisotopic (exact) mass is 1360 g/mol. The van der Waals surface area contributed by atoms with E-state index in [2.05, 4.69) is 192 Å². The summed E-state index contributed by atoms with van der Waals surface area (Å²) in [5, 5.41) is 69.3. The molecule has 1 heterocycles. The van der Waals surface area contributed by atoms with Gasteiger partial charge in [-0.2, -0.15) is 15.8 Å². The van der Waals surface area contributed by atoms with Gasteiger partial charge in [-0.15, -0.1) is 0 Å². The zero-order valence-corrected chi connectivity index (χ0v) is 55.4. The lowest BCUT2D eigenvalue weighted by Crippen LogP contribution is -2.41. The summed E-state index contributed by atoms with van der Waals surface area (Å²) in [6.45, 7) is 8.17. The number of rotatable bonds is 4. The van der Waals surface area contributed by atoms with Crippen LogP contribution in [-0.2, 0) is 9.31 Å².